The molecule has 0 aliphatic carbocycles. The molecule has 0 unspecified atom stereocenters. The van der Waals surface area contributed by atoms with E-state index in [-0.39, 0.29) is 5.63 Å². The van der Waals surface area contributed by atoms with Crippen molar-refractivity contribution in [1.82, 2.24) is 14.7 Å². The first-order chi connectivity index (χ1) is 14.1. The van der Waals surface area contributed by atoms with Crippen molar-refractivity contribution in [3.63, 3.8) is 0 Å². The molecule has 0 amide bonds. The number of piperazine rings is 1. The van der Waals surface area contributed by atoms with Crippen molar-refractivity contribution in [2.24, 2.45) is 0 Å². The first-order valence-corrected chi connectivity index (χ1v) is 10.1. The molecule has 4 aromatic rings. The summed E-state index contributed by atoms with van der Waals surface area (Å²) in [5.74, 6) is 0. The van der Waals surface area contributed by atoms with Gasteiger partial charge in [-0.15, -0.1) is 0 Å². The summed E-state index contributed by atoms with van der Waals surface area (Å²) in [6.07, 6.45) is 4.70. The van der Waals surface area contributed by atoms with Gasteiger partial charge in [0.25, 0.3) is 0 Å². The van der Waals surface area contributed by atoms with Crippen LogP contribution in [0.25, 0.3) is 27.9 Å². The van der Waals surface area contributed by atoms with Crippen LogP contribution in [0.4, 0.5) is 5.69 Å². The first kappa shape index (κ1) is 17.9. The van der Waals surface area contributed by atoms with Gasteiger partial charge in [0.05, 0.1) is 11.3 Å². The maximum atomic E-state index is 12.9. The van der Waals surface area contributed by atoms with Crippen LogP contribution >= 0.6 is 0 Å². The van der Waals surface area contributed by atoms with Crippen molar-refractivity contribution >= 4 is 22.3 Å². The summed E-state index contributed by atoms with van der Waals surface area (Å²) < 4.78 is 7.82. The van der Waals surface area contributed by atoms with Crippen molar-refractivity contribution in [1.29, 1.82) is 0 Å². The monoisotopic (exact) mass is 388 g/mol. The quantitative estimate of drug-likeness (QED) is 0.545. The molecule has 3 aromatic heterocycles. The van der Waals surface area contributed by atoms with Gasteiger partial charge in [0, 0.05) is 55.2 Å². The lowest BCUT2D eigenvalue weighted by Gasteiger charge is -2.31. The number of benzene rings is 1. The van der Waals surface area contributed by atoms with Gasteiger partial charge in [0.2, 0.25) is 0 Å². The van der Waals surface area contributed by atoms with Gasteiger partial charge in [-0.3, -0.25) is 0 Å². The number of imidazole rings is 1. The third-order valence-corrected chi connectivity index (χ3v) is 5.67. The van der Waals surface area contributed by atoms with E-state index in [1.165, 1.54) is 5.69 Å². The fourth-order valence-corrected chi connectivity index (χ4v) is 4.19. The fraction of sp³-hybridized carbons (Fsp3) is 0.304. The highest BCUT2D eigenvalue weighted by atomic mass is 16.4. The molecule has 1 aromatic carbocycles. The van der Waals surface area contributed by atoms with Crippen LogP contribution in [0.5, 0.6) is 0 Å². The number of nitrogens with zero attached hydrogens (tertiary/aromatic N) is 3. The van der Waals surface area contributed by atoms with E-state index in [1.54, 1.807) is 0 Å². The van der Waals surface area contributed by atoms with E-state index in [0.717, 1.165) is 54.8 Å². The van der Waals surface area contributed by atoms with E-state index in [4.69, 9.17) is 4.42 Å². The SMILES string of the molecule is CCc1c(N2CCNCC2)ccc2cc(-c3cn4cc(C)ccc4n3)c(=O)oc12. The summed E-state index contributed by atoms with van der Waals surface area (Å²) in [6.45, 7) is 8.00. The Morgan fingerprint density at radius 2 is 1.97 bits per heavy atom. The minimum absolute atomic E-state index is 0.343. The number of rotatable bonds is 3. The van der Waals surface area contributed by atoms with Crippen LogP contribution in [0.1, 0.15) is 18.1 Å². The van der Waals surface area contributed by atoms with Gasteiger partial charge < -0.3 is 19.0 Å². The zero-order valence-corrected chi connectivity index (χ0v) is 16.7. The second-order valence-corrected chi connectivity index (χ2v) is 7.62. The lowest BCUT2D eigenvalue weighted by atomic mass is 10.0. The smallest absolute Gasteiger partial charge is 0.345 e. The molecule has 0 bridgehead atoms. The maximum absolute atomic E-state index is 12.9. The van der Waals surface area contributed by atoms with Crippen molar-refractivity contribution in [3.05, 3.63) is 64.3 Å². The van der Waals surface area contributed by atoms with Crippen molar-refractivity contribution < 1.29 is 4.42 Å². The Bertz CT molecular complexity index is 1270. The second-order valence-electron chi connectivity index (χ2n) is 7.62. The molecule has 148 valence electrons. The highest BCUT2D eigenvalue weighted by Crippen LogP contribution is 2.31. The molecule has 6 heteroatoms. The maximum Gasteiger partial charge on any atom is 0.345 e. The van der Waals surface area contributed by atoms with E-state index in [1.807, 2.05) is 41.9 Å². The van der Waals surface area contributed by atoms with Gasteiger partial charge in [0.1, 0.15) is 11.2 Å². The van der Waals surface area contributed by atoms with Crippen molar-refractivity contribution in [2.45, 2.75) is 20.3 Å². The van der Waals surface area contributed by atoms with Gasteiger partial charge in [-0.2, -0.15) is 0 Å². The average Bonchev–Trinajstić information content (AvgIpc) is 3.16. The number of fused-ring (bicyclic) bond motifs is 2. The minimum atomic E-state index is -0.343. The third kappa shape index (κ3) is 3.09. The predicted molar refractivity (Wildman–Crippen MR) is 116 cm³/mol. The topological polar surface area (TPSA) is 62.8 Å². The molecule has 1 fully saturated rings. The standard InChI is InChI=1S/C23H24N4O2/c1-3-17-20(26-10-8-24-9-11-26)6-5-16-12-18(23(28)29-22(16)17)19-14-27-13-15(2)4-7-21(27)25-19/h4-7,12-14,24H,3,8-11H2,1-2H3. The normalized spacial score (nSPS) is 14.8. The van der Waals surface area contributed by atoms with Crippen LogP contribution in [-0.4, -0.2) is 35.6 Å². The fourth-order valence-electron chi connectivity index (χ4n) is 4.19. The lowest BCUT2D eigenvalue weighted by Crippen LogP contribution is -2.43. The molecule has 5 rings (SSSR count). The lowest BCUT2D eigenvalue weighted by molar-refractivity contribution is 0.557. The molecular formula is C23H24N4O2. The summed E-state index contributed by atoms with van der Waals surface area (Å²) in [4.78, 5) is 19.9. The van der Waals surface area contributed by atoms with Gasteiger partial charge >= 0.3 is 5.63 Å². The summed E-state index contributed by atoms with van der Waals surface area (Å²) >= 11 is 0. The summed E-state index contributed by atoms with van der Waals surface area (Å²) in [5.41, 5.74) is 5.70. The molecule has 6 nitrogen and oxygen atoms in total. The van der Waals surface area contributed by atoms with E-state index in [2.05, 4.69) is 34.3 Å². The highest BCUT2D eigenvalue weighted by Gasteiger charge is 2.19. The van der Waals surface area contributed by atoms with Gasteiger partial charge in [-0.1, -0.05) is 13.0 Å². The van der Waals surface area contributed by atoms with Crippen LogP contribution in [0.15, 0.2) is 51.9 Å². The molecule has 0 atom stereocenters. The number of aromatic nitrogens is 2. The number of pyridine rings is 1. The van der Waals surface area contributed by atoms with Crippen molar-refractivity contribution in [3.8, 4) is 11.3 Å². The molecule has 29 heavy (non-hydrogen) atoms. The largest absolute Gasteiger partial charge is 0.422 e. The number of nitrogens with one attached hydrogen (secondary N) is 1. The molecule has 1 saturated heterocycles. The predicted octanol–water partition coefficient (Wildman–Crippen LogP) is 3.39. The average molecular weight is 388 g/mol. The second kappa shape index (κ2) is 7.04. The van der Waals surface area contributed by atoms with E-state index in [0.29, 0.717) is 16.8 Å². The zero-order valence-electron chi connectivity index (χ0n) is 16.7. The van der Waals surface area contributed by atoms with Crippen LogP contribution in [-0.2, 0) is 6.42 Å². The van der Waals surface area contributed by atoms with Crippen LogP contribution in [0.3, 0.4) is 0 Å². The Hall–Kier alpha value is -3.12. The molecule has 1 aliphatic rings. The van der Waals surface area contributed by atoms with E-state index >= 15 is 0 Å². The number of anilines is 1. The summed E-state index contributed by atoms with van der Waals surface area (Å²) in [7, 11) is 0. The number of aryl methyl sites for hydroxylation is 2. The summed E-state index contributed by atoms with van der Waals surface area (Å²) in [5, 5.41) is 4.32. The number of hydrogen-bond donors (Lipinski definition) is 1. The number of hydrogen-bond acceptors (Lipinski definition) is 5. The van der Waals surface area contributed by atoms with E-state index in [9.17, 15) is 4.79 Å². The van der Waals surface area contributed by atoms with Crippen molar-refractivity contribution in [2.75, 3.05) is 31.1 Å². The highest BCUT2D eigenvalue weighted by molar-refractivity contribution is 5.88. The Balaban J connectivity index is 1.65. The van der Waals surface area contributed by atoms with Crippen LogP contribution < -0.4 is 15.8 Å². The van der Waals surface area contributed by atoms with Crippen LogP contribution in [0.2, 0.25) is 0 Å². The summed E-state index contributed by atoms with van der Waals surface area (Å²) in [6, 6.07) is 10.1. The Morgan fingerprint density at radius 3 is 2.76 bits per heavy atom. The van der Waals surface area contributed by atoms with E-state index < -0.39 is 0 Å². The molecule has 0 radical (unpaired) electrons. The Labute approximate surface area is 168 Å². The van der Waals surface area contributed by atoms with Gasteiger partial charge in [0.15, 0.2) is 0 Å². The van der Waals surface area contributed by atoms with Gasteiger partial charge in [-0.25, -0.2) is 9.78 Å². The minimum Gasteiger partial charge on any atom is -0.422 e. The Kier molecular flexibility index (Phi) is 4.36. The molecule has 1 N–H and O–H groups in total. The Morgan fingerprint density at radius 1 is 1.14 bits per heavy atom. The molecule has 0 saturated carbocycles. The first-order valence-electron chi connectivity index (χ1n) is 10.1. The molecule has 1 aliphatic heterocycles. The molecule has 4 heterocycles. The zero-order chi connectivity index (χ0) is 20.0. The van der Waals surface area contributed by atoms with Gasteiger partial charge in [-0.05, 0) is 43.2 Å². The van der Waals surface area contributed by atoms with Crippen LogP contribution in [0, 0.1) is 6.92 Å². The molecular weight excluding hydrogens is 364 g/mol. The molecule has 0 spiro atoms. The third-order valence-electron chi connectivity index (χ3n) is 5.67.